The van der Waals surface area contributed by atoms with E-state index in [9.17, 15) is 9.18 Å². The van der Waals surface area contributed by atoms with Crippen LogP contribution in [0, 0.1) is 5.95 Å². The van der Waals surface area contributed by atoms with Gasteiger partial charge in [0, 0.05) is 33.9 Å². The predicted molar refractivity (Wildman–Crippen MR) is 105 cm³/mol. The van der Waals surface area contributed by atoms with Gasteiger partial charge >= 0.3 is 7.12 Å². The zero-order valence-electron chi connectivity index (χ0n) is 16.3. The number of benzene rings is 1. The average molecular weight is 381 g/mol. The normalized spacial score (nSPS) is 20.6. The highest BCUT2D eigenvalue weighted by atomic mass is 19.1. The van der Waals surface area contributed by atoms with Gasteiger partial charge in [0.2, 0.25) is 5.95 Å². The molecule has 2 aliphatic rings. The lowest BCUT2D eigenvalue weighted by Gasteiger charge is -2.32. The van der Waals surface area contributed by atoms with E-state index in [1.165, 1.54) is 0 Å². The first-order valence-electron chi connectivity index (χ1n) is 9.45. The molecule has 0 aliphatic carbocycles. The van der Waals surface area contributed by atoms with Crippen molar-refractivity contribution >= 4 is 40.4 Å². The summed E-state index contributed by atoms with van der Waals surface area (Å²) in [5.74, 6) is -0.709. The number of rotatable bonds is 1. The molecule has 28 heavy (non-hydrogen) atoms. The second-order valence-corrected chi connectivity index (χ2v) is 8.54. The second kappa shape index (κ2) is 5.55. The lowest BCUT2D eigenvalue weighted by atomic mass is 9.79. The molecular weight excluding hydrogens is 360 g/mol. The van der Waals surface area contributed by atoms with E-state index in [4.69, 9.17) is 9.31 Å². The van der Waals surface area contributed by atoms with Crippen molar-refractivity contribution < 1.29 is 18.5 Å². The van der Waals surface area contributed by atoms with E-state index in [-0.39, 0.29) is 11.4 Å². The number of pyridine rings is 1. The first-order chi connectivity index (χ1) is 13.2. The Labute approximate surface area is 161 Å². The number of aromatic amines is 1. The van der Waals surface area contributed by atoms with E-state index in [1.807, 2.05) is 39.8 Å². The Kier molecular flexibility index (Phi) is 3.50. The van der Waals surface area contributed by atoms with Crippen LogP contribution in [0.1, 0.15) is 43.6 Å². The molecule has 0 saturated carbocycles. The minimum Gasteiger partial charge on any atom is -0.399 e. The van der Waals surface area contributed by atoms with Crippen LogP contribution in [0.4, 0.5) is 4.39 Å². The van der Waals surface area contributed by atoms with Crippen LogP contribution < -0.4 is 10.8 Å². The number of hydrogen-bond donors (Lipinski definition) is 2. The molecule has 2 aliphatic heterocycles. The number of nitrogens with zero attached hydrogens (tertiary/aromatic N) is 1. The molecule has 144 valence electrons. The van der Waals surface area contributed by atoms with Crippen molar-refractivity contribution in [3.63, 3.8) is 0 Å². The third kappa shape index (κ3) is 2.41. The Morgan fingerprint density at radius 1 is 1.11 bits per heavy atom. The standard InChI is InChI=1S/C20H21BFN3O3/c1-19(2)20(3,4)28-21(27-19)14-8-13-12-7-10-5-6-23-18(26)11(10)9-15(12)24-17(13)25-16(14)22/h7-9H,5-6H2,1-4H3,(H,23,26)(H,24,25). The number of nitrogens with one attached hydrogen (secondary N) is 2. The molecule has 3 aromatic rings. The molecule has 1 amide bonds. The molecule has 6 nitrogen and oxygen atoms in total. The van der Waals surface area contributed by atoms with Gasteiger partial charge in [0.25, 0.3) is 5.91 Å². The van der Waals surface area contributed by atoms with Gasteiger partial charge in [-0.25, -0.2) is 4.98 Å². The van der Waals surface area contributed by atoms with Gasteiger partial charge in [0.1, 0.15) is 5.65 Å². The first kappa shape index (κ1) is 17.6. The maximum absolute atomic E-state index is 14.8. The number of halogens is 1. The number of carbonyl (C=O) groups is 1. The maximum Gasteiger partial charge on any atom is 0.499 e. The summed E-state index contributed by atoms with van der Waals surface area (Å²) in [4.78, 5) is 19.4. The molecule has 2 aromatic heterocycles. The van der Waals surface area contributed by atoms with Gasteiger partial charge < -0.3 is 19.6 Å². The van der Waals surface area contributed by atoms with Crippen molar-refractivity contribution in [1.82, 2.24) is 15.3 Å². The highest BCUT2D eigenvalue weighted by Crippen LogP contribution is 2.37. The average Bonchev–Trinajstić information content (AvgIpc) is 3.05. The zero-order valence-corrected chi connectivity index (χ0v) is 16.3. The molecule has 1 fully saturated rings. The Balaban J connectivity index is 1.68. The molecule has 1 aromatic carbocycles. The predicted octanol–water partition coefficient (Wildman–Crippen LogP) is 2.44. The van der Waals surface area contributed by atoms with E-state index in [2.05, 4.69) is 15.3 Å². The van der Waals surface area contributed by atoms with Crippen LogP contribution in [-0.2, 0) is 15.7 Å². The van der Waals surface area contributed by atoms with Crippen LogP contribution in [0.15, 0.2) is 18.2 Å². The van der Waals surface area contributed by atoms with E-state index in [0.29, 0.717) is 17.8 Å². The number of fused-ring (bicyclic) bond motifs is 4. The molecule has 0 atom stereocenters. The molecule has 4 heterocycles. The Morgan fingerprint density at radius 3 is 2.54 bits per heavy atom. The van der Waals surface area contributed by atoms with Crippen LogP contribution in [0.2, 0.25) is 0 Å². The fraction of sp³-hybridized carbons (Fsp3) is 0.400. The van der Waals surface area contributed by atoms with Crippen molar-refractivity contribution in [1.29, 1.82) is 0 Å². The van der Waals surface area contributed by atoms with Crippen LogP contribution in [0.5, 0.6) is 0 Å². The van der Waals surface area contributed by atoms with Crippen LogP contribution in [0.3, 0.4) is 0 Å². The summed E-state index contributed by atoms with van der Waals surface area (Å²) >= 11 is 0. The zero-order chi connectivity index (χ0) is 19.8. The van der Waals surface area contributed by atoms with Gasteiger partial charge in [-0.05, 0) is 57.9 Å². The number of H-pyrrole nitrogens is 1. The summed E-state index contributed by atoms with van der Waals surface area (Å²) in [5, 5.41) is 4.54. The fourth-order valence-electron chi connectivity index (χ4n) is 3.86. The summed E-state index contributed by atoms with van der Waals surface area (Å²) in [6.45, 7) is 8.34. The highest BCUT2D eigenvalue weighted by Gasteiger charge is 2.52. The molecule has 0 unspecified atom stereocenters. The lowest BCUT2D eigenvalue weighted by molar-refractivity contribution is 0.00578. The number of carbonyl (C=O) groups excluding carboxylic acids is 1. The number of aromatic nitrogens is 2. The smallest absolute Gasteiger partial charge is 0.399 e. The van der Waals surface area contributed by atoms with E-state index >= 15 is 0 Å². The number of hydrogen-bond acceptors (Lipinski definition) is 4. The van der Waals surface area contributed by atoms with Crippen LogP contribution in [-0.4, -0.2) is 40.7 Å². The minimum absolute atomic E-state index is 0.0844. The molecule has 0 bridgehead atoms. The third-order valence-corrected chi connectivity index (χ3v) is 6.22. The summed E-state index contributed by atoms with van der Waals surface area (Å²) in [6.07, 6.45) is 0.766. The summed E-state index contributed by atoms with van der Waals surface area (Å²) in [6, 6.07) is 5.55. The molecule has 0 radical (unpaired) electrons. The van der Waals surface area contributed by atoms with Crippen molar-refractivity contribution in [3.8, 4) is 0 Å². The Morgan fingerprint density at radius 2 is 1.82 bits per heavy atom. The number of amides is 1. The Hall–Kier alpha value is -2.45. The summed E-state index contributed by atoms with van der Waals surface area (Å²) in [5.41, 5.74) is 1.98. The molecular formula is C20H21BFN3O3. The van der Waals surface area contributed by atoms with Crippen LogP contribution in [0.25, 0.3) is 21.9 Å². The van der Waals surface area contributed by atoms with Crippen molar-refractivity contribution in [2.75, 3.05) is 6.54 Å². The van der Waals surface area contributed by atoms with E-state index in [0.717, 1.165) is 28.3 Å². The van der Waals surface area contributed by atoms with Crippen molar-refractivity contribution in [2.24, 2.45) is 0 Å². The topological polar surface area (TPSA) is 76.2 Å². The third-order valence-electron chi connectivity index (χ3n) is 6.22. The van der Waals surface area contributed by atoms with Gasteiger partial charge in [-0.1, -0.05) is 0 Å². The maximum atomic E-state index is 14.8. The van der Waals surface area contributed by atoms with Gasteiger partial charge in [-0.3, -0.25) is 4.79 Å². The van der Waals surface area contributed by atoms with Gasteiger partial charge in [0.15, 0.2) is 0 Å². The quantitative estimate of drug-likeness (QED) is 0.502. The van der Waals surface area contributed by atoms with Gasteiger partial charge in [0.05, 0.1) is 11.2 Å². The summed E-state index contributed by atoms with van der Waals surface area (Å²) < 4.78 is 26.8. The molecule has 2 N–H and O–H groups in total. The van der Waals surface area contributed by atoms with Gasteiger partial charge in [-0.2, -0.15) is 4.39 Å². The minimum atomic E-state index is -0.824. The van der Waals surface area contributed by atoms with Crippen molar-refractivity contribution in [3.05, 3.63) is 35.3 Å². The van der Waals surface area contributed by atoms with E-state index < -0.39 is 24.3 Å². The first-order valence-corrected chi connectivity index (χ1v) is 9.45. The fourth-order valence-corrected chi connectivity index (χ4v) is 3.86. The SMILES string of the molecule is CC1(C)OB(c2cc3c(nc2F)[nH]c2cc4c(cc23)CCNC4=O)OC1(C)C. The van der Waals surface area contributed by atoms with Crippen LogP contribution >= 0.6 is 0 Å². The highest BCUT2D eigenvalue weighted by molar-refractivity contribution is 6.62. The largest absolute Gasteiger partial charge is 0.499 e. The molecule has 8 heteroatoms. The molecule has 5 rings (SSSR count). The second-order valence-electron chi connectivity index (χ2n) is 8.54. The lowest BCUT2D eigenvalue weighted by Crippen LogP contribution is -2.41. The molecule has 0 spiro atoms. The van der Waals surface area contributed by atoms with Gasteiger partial charge in [-0.15, -0.1) is 0 Å². The summed E-state index contributed by atoms with van der Waals surface area (Å²) in [7, 11) is -0.824. The Bertz CT molecular complexity index is 1140. The monoisotopic (exact) mass is 381 g/mol. The van der Waals surface area contributed by atoms with E-state index in [1.54, 1.807) is 6.07 Å². The van der Waals surface area contributed by atoms with Crippen molar-refractivity contribution in [2.45, 2.75) is 45.3 Å². The molecule has 1 saturated heterocycles.